The van der Waals surface area contributed by atoms with Crippen LogP contribution in [0, 0.1) is 6.92 Å². The van der Waals surface area contributed by atoms with Crippen molar-refractivity contribution in [3.8, 4) is 0 Å². The number of hydrogen-bond donors (Lipinski definition) is 1. The van der Waals surface area contributed by atoms with Gasteiger partial charge in [0.1, 0.15) is 0 Å². The second-order valence-corrected chi connectivity index (χ2v) is 7.96. The van der Waals surface area contributed by atoms with Crippen LogP contribution in [-0.2, 0) is 21.4 Å². The van der Waals surface area contributed by atoms with Crippen LogP contribution in [-0.4, -0.2) is 32.2 Å². The van der Waals surface area contributed by atoms with Crippen molar-refractivity contribution in [3.05, 3.63) is 64.7 Å². The van der Waals surface area contributed by atoms with Gasteiger partial charge in [0.05, 0.1) is 11.4 Å². The number of carbonyl (C=O) groups is 1. The molecule has 0 spiro atoms. The fourth-order valence-corrected chi connectivity index (χ4v) is 3.49. The van der Waals surface area contributed by atoms with Crippen molar-refractivity contribution in [2.24, 2.45) is 0 Å². The van der Waals surface area contributed by atoms with E-state index in [1.807, 2.05) is 31.2 Å². The van der Waals surface area contributed by atoms with Gasteiger partial charge in [0.2, 0.25) is 15.9 Å². The lowest BCUT2D eigenvalue weighted by Crippen LogP contribution is -2.38. The van der Waals surface area contributed by atoms with Gasteiger partial charge in [-0.25, -0.2) is 8.42 Å². The summed E-state index contributed by atoms with van der Waals surface area (Å²) in [5.74, 6) is -0.372. The van der Waals surface area contributed by atoms with Crippen LogP contribution in [0.5, 0.6) is 0 Å². The molecule has 128 valence electrons. The van der Waals surface area contributed by atoms with E-state index < -0.39 is 10.0 Å². The molecular weight excluding hydrogens is 348 g/mol. The van der Waals surface area contributed by atoms with Crippen LogP contribution in [0.3, 0.4) is 0 Å². The van der Waals surface area contributed by atoms with Crippen LogP contribution in [0.1, 0.15) is 11.1 Å². The van der Waals surface area contributed by atoms with E-state index in [1.54, 1.807) is 12.1 Å². The minimum absolute atomic E-state index is 0.0591. The predicted octanol–water partition coefficient (Wildman–Crippen LogP) is 2.59. The molecule has 2 aromatic carbocycles. The monoisotopic (exact) mass is 366 g/mol. The maximum Gasteiger partial charge on any atom is 0.243 e. The number of halogens is 1. The zero-order chi connectivity index (χ0) is 17.7. The lowest BCUT2D eigenvalue weighted by atomic mass is 10.1. The molecule has 0 unspecified atom stereocenters. The molecule has 0 bridgehead atoms. The Kier molecular flexibility index (Phi) is 5.99. The van der Waals surface area contributed by atoms with Gasteiger partial charge in [-0.2, -0.15) is 4.31 Å². The van der Waals surface area contributed by atoms with Gasteiger partial charge in [-0.1, -0.05) is 47.5 Å². The predicted molar refractivity (Wildman–Crippen MR) is 94.3 cm³/mol. The number of aryl methyl sites for hydroxylation is 1. The Morgan fingerprint density at radius 3 is 2.46 bits per heavy atom. The molecule has 0 aliphatic heterocycles. The van der Waals surface area contributed by atoms with Crippen LogP contribution in [0.2, 0.25) is 5.02 Å². The Labute approximate surface area is 147 Å². The summed E-state index contributed by atoms with van der Waals surface area (Å²) in [6.45, 7) is 2.07. The van der Waals surface area contributed by atoms with Gasteiger partial charge in [0.25, 0.3) is 0 Å². The first-order valence-electron chi connectivity index (χ1n) is 7.33. The van der Waals surface area contributed by atoms with Crippen LogP contribution in [0.15, 0.2) is 53.4 Å². The minimum atomic E-state index is -3.76. The standard InChI is InChI=1S/C17H19ClN2O3S/c1-13-6-8-14(9-7-13)11-19-17(21)12-20(2)24(22,23)16-5-3-4-15(18)10-16/h3-10H,11-12H2,1-2H3,(H,19,21). The van der Waals surface area contributed by atoms with Gasteiger partial charge in [-0.05, 0) is 30.7 Å². The fraction of sp³-hybridized carbons (Fsp3) is 0.235. The molecule has 0 aliphatic rings. The van der Waals surface area contributed by atoms with Gasteiger partial charge in [0, 0.05) is 18.6 Å². The minimum Gasteiger partial charge on any atom is -0.351 e. The fourth-order valence-electron chi connectivity index (χ4n) is 2.06. The summed E-state index contributed by atoms with van der Waals surface area (Å²) in [5, 5.41) is 3.04. The maximum atomic E-state index is 12.4. The molecule has 1 amide bonds. The second kappa shape index (κ2) is 7.79. The number of sulfonamides is 1. The molecule has 1 N–H and O–H groups in total. The highest BCUT2D eigenvalue weighted by Gasteiger charge is 2.23. The van der Waals surface area contributed by atoms with Crippen molar-refractivity contribution in [2.75, 3.05) is 13.6 Å². The summed E-state index contributed by atoms with van der Waals surface area (Å²) in [6, 6.07) is 13.7. The summed E-state index contributed by atoms with van der Waals surface area (Å²) in [4.78, 5) is 12.1. The second-order valence-electron chi connectivity index (χ2n) is 5.48. The van der Waals surface area contributed by atoms with E-state index in [0.29, 0.717) is 11.6 Å². The Hall–Kier alpha value is -1.89. The molecule has 0 saturated heterocycles. The molecule has 24 heavy (non-hydrogen) atoms. The molecule has 2 rings (SSSR count). The SMILES string of the molecule is Cc1ccc(CNC(=O)CN(C)S(=O)(=O)c2cccc(Cl)c2)cc1. The largest absolute Gasteiger partial charge is 0.351 e. The van der Waals surface area contributed by atoms with Gasteiger partial charge in [-0.15, -0.1) is 0 Å². The van der Waals surface area contributed by atoms with E-state index in [1.165, 1.54) is 19.2 Å². The Bertz CT molecular complexity index is 820. The molecule has 0 saturated carbocycles. The quantitative estimate of drug-likeness (QED) is 0.854. The zero-order valence-electron chi connectivity index (χ0n) is 13.5. The number of carbonyl (C=O) groups excluding carboxylic acids is 1. The van der Waals surface area contributed by atoms with Crippen molar-refractivity contribution in [2.45, 2.75) is 18.4 Å². The van der Waals surface area contributed by atoms with E-state index in [2.05, 4.69) is 5.32 Å². The highest BCUT2D eigenvalue weighted by Crippen LogP contribution is 2.18. The van der Waals surface area contributed by atoms with Crippen molar-refractivity contribution >= 4 is 27.5 Å². The van der Waals surface area contributed by atoms with Gasteiger partial charge >= 0.3 is 0 Å². The average molecular weight is 367 g/mol. The highest BCUT2D eigenvalue weighted by molar-refractivity contribution is 7.89. The number of rotatable bonds is 6. The lowest BCUT2D eigenvalue weighted by Gasteiger charge is -2.17. The number of likely N-dealkylation sites (N-methyl/N-ethyl adjacent to an activating group) is 1. The molecule has 0 radical (unpaired) electrons. The number of nitrogens with zero attached hydrogens (tertiary/aromatic N) is 1. The Balaban J connectivity index is 1.96. The van der Waals surface area contributed by atoms with E-state index in [4.69, 9.17) is 11.6 Å². The molecule has 5 nitrogen and oxygen atoms in total. The maximum absolute atomic E-state index is 12.4. The van der Waals surface area contributed by atoms with Crippen LogP contribution >= 0.6 is 11.6 Å². The van der Waals surface area contributed by atoms with Crippen molar-refractivity contribution in [3.63, 3.8) is 0 Å². The summed E-state index contributed by atoms with van der Waals surface area (Å²) in [5.41, 5.74) is 2.09. The third-order valence-electron chi connectivity index (χ3n) is 3.48. The van der Waals surface area contributed by atoms with Gasteiger partial charge < -0.3 is 5.32 Å². The molecule has 0 aromatic heterocycles. The summed E-state index contributed by atoms with van der Waals surface area (Å²) >= 11 is 5.83. The van der Waals surface area contributed by atoms with E-state index in [0.717, 1.165) is 15.4 Å². The number of hydrogen-bond acceptors (Lipinski definition) is 3. The molecular formula is C17H19ClN2O3S. The van der Waals surface area contributed by atoms with Gasteiger partial charge in [0.15, 0.2) is 0 Å². The first-order chi connectivity index (χ1) is 11.3. The normalized spacial score (nSPS) is 11.5. The van der Waals surface area contributed by atoms with Crippen LogP contribution in [0.25, 0.3) is 0 Å². The zero-order valence-corrected chi connectivity index (χ0v) is 15.1. The van der Waals surface area contributed by atoms with Crippen molar-refractivity contribution in [1.82, 2.24) is 9.62 Å². The van der Waals surface area contributed by atoms with Crippen LogP contribution < -0.4 is 5.32 Å². The highest BCUT2D eigenvalue weighted by atomic mass is 35.5. The summed E-state index contributed by atoms with van der Waals surface area (Å²) in [6.07, 6.45) is 0. The molecule has 2 aromatic rings. The Morgan fingerprint density at radius 2 is 1.83 bits per heavy atom. The lowest BCUT2D eigenvalue weighted by molar-refractivity contribution is -0.121. The molecule has 0 aliphatic carbocycles. The van der Waals surface area contributed by atoms with E-state index in [-0.39, 0.29) is 17.3 Å². The van der Waals surface area contributed by atoms with Gasteiger partial charge in [-0.3, -0.25) is 4.79 Å². The number of amides is 1. The Morgan fingerprint density at radius 1 is 1.17 bits per heavy atom. The summed E-state index contributed by atoms with van der Waals surface area (Å²) < 4.78 is 25.8. The smallest absolute Gasteiger partial charge is 0.243 e. The first kappa shape index (κ1) is 18.4. The average Bonchev–Trinajstić information content (AvgIpc) is 2.54. The van der Waals surface area contributed by atoms with Crippen LogP contribution in [0.4, 0.5) is 0 Å². The van der Waals surface area contributed by atoms with E-state index in [9.17, 15) is 13.2 Å². The molecule has 0 atom stereocenters. The third-order valence-corrected chi connectivity index (χ3v) is 5.52. The molecule has 0 fully saturated rings. The topological polar surface area (TPSA) is 66.5 Å². The van der Waals surface area contributed by atoms with Crippen molar-refractivity contribution in [1.29, 1.82) is 0 Å². The molecule has 0 heterocycles. The summed E-state index contributed by atoms with van der Waals surface area (Å²) in [7, 11) is -2.39. The number of benzene rings is 2. The third kappa shape index (κ3) is 4.80. The molecule has 7 heteroatoms. The van der Waals surface area contributed by atoms with E-state index >= 15 is 0 Å². The van der Waals surface area contributed by atoms with Crippen molar-refractivity contribution < 1.29 is 13.2 Å². The number of nitrogens with one attached hydrogen (secondary N) is 1. The first-order valence-corrected chi connectivity index (χ1v) is 9.15.